The third-order valence-electron chi connectivity index (χ3n) is 3.16. The number of halogens is 1. The lowest BCUT2D eigenvalue weighted by atomic mass is 10.1. The summed E-state index contributed by atoms with van der Waals surface area (Å²) in [6.45, 7) is 1.99. The Hall–Kier alpha value is -2.14. The number of hydrogen-bond donors (Lipinski definition) is 1. The van der Waals surface area contributed by atoms with Crippen LogP contribution >= 0.6 is 15.9 Å². The van der Waals surface area contributed by atoms with E-state index < -0.39 is 5.97 Å². The standard InChI is InChI=1S/C15H11BrN2O2/c1-9-5-6-11(16)13(7-9)18-8-17-12-4-2-3-10(14(12)18)15(19)20/h2-8H,1H3,(H,19,20). The molecule has 0 saturated heterocycles. The molecule has 100 valence electrons. The molecule has 0 unspecified atom stereocenters. The maximum Gasteiger partial charge on any atom is 0.337 e. The number of benzene rings is 2. The van der Waals surface area contributed by atoms with Crippen molar-refractivity contribution in [1.29, 1.82) is 0 Å². The van der Waals surface area contributed by atoms with Gasteiger partial charge >= 0.3 is 5.97 Å². The van der Waals surface area contributed by atoms with Crippen LogP contribution in [-0.4, -0.2) is 20.6 Å². The van der Waals surface area contributed by atoms with Gasteiger partial charge in [-0.15, -0.1) is 0 Å². The molecule has 0 spiro atoms. The quantitative estimate of drug-likeness (QED) is 0.777. The summed E-state index contributed by atoms with van der Waals surface area (Å²) in [5.74, 6) is -0.957. The molecule has 0 aliphatic heterocycles. The molecule has 4 nitrogen and oxygen atoms in total. The molecule has 20 heavy (non-hydrogen) atoms. The Balaban J connectivity index is 2.37. The monoisotopic (exact) mass is 330 g/mol. The van der Waals surface area contributed by atoms with Gasteiger partial charge in [0.05, 0.1) is 22.3 Å². The van der Waals surface area contributed by atoms with Crippen molar-refractivity contribution in [3.63, 3.8) is 0 Å². The predicted molar refractivity (Wildman–Crippen MR) is 80.5 cm³/mol. The zero-order valence-corrected chi connectivity index (χ0v) is 12.3. The number of nitrogens with zero attached hydrogens (tertiary/aromatic N) is 2. The Morgan fingerprint density at radius 2 is 2.10 bits per heavy atom. The van der Waals surface area contributed by atoms with E-state index in [-0.39, 0.29) is 5.56 Å². The zero-order valence-electron chi connectivity index (χ0n) is 10.7. The van der Waals surface area contributed by atoms with Crippen molar-refractivity contribution < 1.29 is 9.90 Å². The van der Waals surface area contributed by atoms with E-state index in [1.165, 1.54) is 0 Å². The molecule has 0 amide bonds. The molecule has 0 fully saturated rings. The third-order valence-corrected chi connectivity index (χ3v) is 3.83. The van der Waals surface area contributed by atoms with Crippen molar-refractivity contribution in [1.82, 2.24) is 9.55 Å². The van der Waals surface area contributed by atoms with E-state index in [4.69, 9.17) is 0 Å². The Labute approximate surface area is 123 Å². The number of aromatic nitrogens is 2. The number of rotatable bonds is 2. The topological polar surface area (TPSA) is 55.1 Å². The fourth-order valence-electron chi connectivity index (χ4n) is 2.23. The fraction of sp³-hybridized carbons (Fsp3) is 0.0667. The van der Waals surface area contributed by atoms with Gasteiger partial charge in [0.15, 0.2) is 0 Å². The Bertz CT molecular complexity index is 824. The summed E-state index contributed by atoms with van der Waals surface area (Å²) in [6.07, 6.45) is 1.65. The number of aromatic carboxylic acids is 1. The molecule has 5 heteroatoms. The summed E-state index contributed by atoms with van der Waals surface area (Å²) in [6, 6.07) is 11.0. The number of fused-ring (bicyclic) bond motifs is 1. The van der Waals surface area contributed by atoms with Gasteiger partial charge in [-0.1, -0.05) is 12.1 Å². The van der Waals surface area contributed by atoms with Crippen molar-refractivity contribution in [2.75, 3.05) is 0 Å². The number of hydrogen-bond acceptors (Lipinski definition) is 2. The van der Waals surface area contributed by atoms with E-state index in [9.17, 15) is 9.90 Å². The average Bonchev–Trinajstić information content (AvgIpc) is 2.85. The van der Waals surface area contributed by atoms with Crippen LogP contribution in [0.3, 0.4) is 0 Å². The summed E-state index contributed by atoms with van der Waals surface area (Å²) < 4.78 is 2.69. The number of para-hydroxylation sites is 1. The molecule has 0 bridgehead atoms. The molecule has 0 radical (unpaired) electrons. The second kappa shape index (κ2) is 4.76. The first-order valence-corrected chi connectivity index (χ1v) is 6.83. The first-order valence-electron chi connectivity index (χ1n) is 6.04. The van der Waals surface area contributed by atoms with Gasteiger partial charge in [0.1, 0.15) is 6.33 Å². The van der Waals surface area contributed by atoms with E-state index in [0.717, 1.165) is 15.7 Å². The van der Waals surface area contributed by atoms with Gasteiger partial charge < -0.3 is 5.11 Å². The first kappa shape index (κ1) is 12.9. The maximum atomic E-state index is 11.4. The predicted octanol–water partition coefficient (Wildman–Crippen LogP) is 3.79. The second-order valence-corrected chi connectivity index (χ2v) is 5.40. The minimum atomic E-state index is -0.957. The van der Waals surface area contributed by atoms with Crippen LogP contribution in [0.4, 0.5) is 0 Å². The van der Waals surface area contributed by atoms with Gasteiger partial charge in [0.2, 0.25) is 0 Å². The second-order valence-electron chi connectivity index (χ2n) is 4.55. The Morgan fingerprint density at radius 3 is 2.85 bits per heavy atom. The third kappa shape index (κ3) is 2.00. The average molecular weight is 331 g/mol. The van der Waals surface area contributed by atoms with Gasteiger partial charge in [-0.2, -0.15) is 0 Å². The molecule has 2 aromatic carbocycles. The lowest BCUT2D eigenvalue weighted by Gasteiger charge is -2.09. The normalized spacial score (nSPS) is 10.9. The summed E-state index contributed by atoms with van der Waals surface area (Å²) in [5.41, 5.74) is 3.48. The summed E-state index contributed by atoms with van der Waals surface area (Å²) >= 11 is 3.50. The minimum Gasteiger partial charge on any atom is -0.478 e. The van der Waals surface area contributed by atoms with Crippen LogP contribution in [0, 0.1) is 6.92 Å². The molecule has 0 aliphatic rings. The van der Waals surface area contributed by atoms with E-state index in [1.807, 2.05) is 31.2 Å². The Kier molecular flexibility index (Phi) is 3.06. The first-order chi connectivity index (χ1) is 9.58. The molecule has 1 aromatic heterocycles. The number of imidazole rings is 1. The molecule has 3 rings (SSSR count). The number of carboxylic acids is 1. The van der Waals surface area contributed by atoms with Gasteiger partial charge in [-0.25, -0.2) is 9.78 Å². The molecular weight excluding hydrogens is 320 g/mol. The van der Waals surface area contributed by atoms with E-state index in [1.54, 1.807) is 23.0 Å². The summed E-state index contributed by atoms with van der Waals surface area (Å²) in [4.78, 5) is 15.7. The Morgan fingerprint density at radius 1 is 1.30 bits per heavy atom. The molecule has 0 aliphatic carbocycles. The largest absolute Gasteiger partial charge is 0.478 e. The lowest BCUT2D eigenvalue weighted by Crippen LogP contribution is -2.02. The van der Waals surface area contributed by atoms with Gasteiger partial charge in [0.25, 0.3) is 0 Å². The van der Waals surface area contributed by atoms with E-state index >= 15 is 0 Å². The van der Waals surface area contributed by atoms with Gasteiger partial charge in [0, 0.05) is 4.47 Å². The highest BCUT2D eigenvalue weighted by Crippen LogP contribution is 2.27. The maximum absolute atomic E-state index is 11.4. The van der Waals surface area contributed by atoms with Crippen LogP contribution in [-0.2, 0) is 0 Å². The van der Waals surface area contributed by atoms with Crippen LogP contribution in [0.5, 0.6) is 0 Å². The van der Waals surface area contributed by atoms with Crippen LogP contribution in [0.1, 0.15) is 15.9 Å². The van der Waals surface area contributed by atoms with Gasteiger partial charge in [-0.3, -0.25) is 4.57 Å². The lowest BCUT2D eigenvalue weighted by molar-refractivity contribution is 0.0698. The van der Waals surface area contributed by atoms with Crippen molar-refractivity contribution in [3.05, 3.63) is 58.3 Å². The molecule has 1 heterocycles. The van der Waals surface area contributed by atoms with E-state index in [0.29, 0.717) is 11.0 Å². The summed E-state index contributed by atoms with van der Waals surface area (Å²) in [7, 11) is 0. The molecular formula is C15H11BrN2O2. The number of carbonyl (C=O) groups is 1. The van der Waals surface area contributed by atoms with Crippen molar-refractivity contribution in [3.8, 4) is 5.69 Å². The van der Waals surface area contributed by atoms with Crippen LogP contribution in [0.15, 0.2) is 47.2 Å². The molecule has 0 saturated carbocycles. The van der Waals surface area contributed by atoms with E-state index in [2.05, 4.69) is 20.9 Å². The highest BCUT2D eigenvalue weighted by atomic mass is 79.9. The summed E-state index contributed by atoms with van der Waals surface area (Å²) in [5, 5.41) is 9.34. The van der Waals surface area contributed by atoms with Crippen LogP contribution in [0.25, 0.3) is 16.7 Å². The molecule has 1 N–H and O–H groups in total. The molecule has 0 atom stereocenters. The van der Waals surface area contributed by atoms with Crippen molar-refractivity contribution >= 4 is 32.9 Å². The number of aryl methyl sites for hydroxylation is 1. The highest BCUT2D eigenvalue weighted by molar-refractivity contribution is 9.10. The minimum absolute atomic E-state index is 0.244. The highest BCUT2D eigenvalue weighted by Gasteiger charge is 2.15. The zero-order chi connectivity index (χ0) is 14.3. The fourth-order valence-corrected chi connectivity index (χ4v) is 2.67. The van der Waals surface area contributed by atoms with Crippen molar-refractivity contribution in [2.24, 2.45) is 0 Å². The SMILES string of the molecule is Cc1ccc(Br)c(-n2cnc3cccc(C(=O)O)c32)c1. The van der Waals surface area contributed by atoms with Crippen molar-refractivity contribution in [2.45, 2.75) is 6.92 Å². The van der Waals surface area contributed by atoms with Crippen LogP contribution in [0.2, 0.25) is 0 Å². The molecule has 3 aromatic rings. The van der Waals surface area contributed by atoms with Gasteiger partial charge in [-0.05, 0) is 52.7 Å². The smallest absolute Gasteiger partial charge is 0.337 e. The van der Waals surface area contributed by atoms with Crippen LogP contribution < -0.4 is 0 Å². The number of carboxylic acid groups (broad SMARTS) is 1.